The third-order valence-corrected chi connectivity index (χ3v) is 3.75. The molecule has 0 saturated carbocycles. The van der Waals surface area contributed by atoms with Gasteiger partial charge in [-0.25, -0.2) is 4.98 Å². The lowest BCUT2D eigenvalue weighted by Gasteiger charge is -2.08. The lowest BCUT2D eigenvalue weighted by Crippen LogP contribution is -1.92. The van der Waals surface area contributed by atoms with Gasteiger partial charge >= 0.3 is 0 Å². The van der Waals surface area contributed by atoms with Crippen molar-refractivity contribution in [3.8, 4) is 0 Å². The quantitative estimate of drug-likeness (QED) is 0.914. The Morgan fingerprint density at radius 3 is 2.76 bits per heavy atom. The van der Waals surface area contributed by atoms with E-state index in [0.717, 1.165) is 20.8 Å². The fourth-order valence-electron chi connectivity index (χ4n) is 1.38. The van der Waals surface area contributed by atoms with Crippen LogP contribution in [0.5, 0.6) is 0 Å². The largest absolute Gasteiger partial charge is 0.389 e. The number of benzene rings is 1. The summed E-state index contributed by atoms with van der Waals surface area (Å²) in [6, 6.07) is 5.80. The molecule has 2 N–H and O–H groups in total. The number of aromatic amines is 1. The number of halogens is 1. The molecule has 0 aliphatic rings. The number of hydrogen-bond donors (Lipinski definition) is 2. The average Bonchev–Trinajstić information content (AvgIpc) is 2.63. The fourth-order valence-corrected chi connectivity index (χ4v) is 3.04. The molecule has 6 heteroatoms. The molecule has 0 amide bonds. The van der Waals surface area contributed by atoms with E-state index in [2.05, 4.69) is 31.1 Å². The molecule has 1 atom stereocenters. The van der Waals surface area contributed by atoms with Crippen LogP contribution in [0.1, 0.15) is 24.4 Å². The summed E-state index contributed by atoms with van der Waals surface area (Å²) >= 11 is 4.92. The van der Waals surface area contributed by atoms with Gasteiger partial charge in [0.05, 0.1) is 6.10 Å². The second-order valence-corrected chi connectivity index (χ2v) is 5.56. The predicted octanol–water partition coefficient (Wildman–Crippen LogP) is 3.08. The topological polar surface area (TPSA) is 61.8 Å². The summed E-state index contributed by atoms with van der Waals surface area (Å²) in [7, 11) is 0. The van der Waals surface area contributed by atoms with Crippen molar-refractivity contribution in [2.75, 3.05) is 0 Å². The number of aliphatic hydroxyl groups excluding tert-OH is 1. The molecule has 2 rings (SSSR count). The molecule has 0 saturated heterocycles. The van der Waals surface area contributed by atoms with Crippen LogP contribution in [0.25, 0.3) is 0 Å². The summed E-state index contributed by atoms with van der Waals surface area (Å²) in [4.78, 5) is 5.25. The first kappa shape index (κ1) is 12.6. The second kappa shape index (κ2) is 5.20. The van der Waals surface area contributed by atoms with Crippen LogP contribution in [0.2, 0.25) is 0 Å². The zero-order valence-electron chi connectivity index (χ0n) is 9.44. The maximum Gasteiger partial charge on any atom is 0.213 e. The molecule has 90 valence electrons. The minimum Gasteiger partial charge on any atom is -0.389 e. The van der Waals surface area contributed by atoms with Crippen molar-refractivity contribution in [2.24, 2.45) is 0 Å². The van der Waals surface area contributed by atoms with E-state index in [-0.39, 0.29) is 0 Å². The Balaban J connectivity index is 2.20. The second-order valence-electron chi connectivity index (χ2n) is 3.66. The highest BCUT2D eigenvalue weighted by atomic mass is 79.9. The molecule has 1 unspecified atom stereocenters. The van der Waals surface area contributed by atoms with Crippen LogP contribution in [-0.2, 0) is 0 Å². The summed E-state index contributed by atoms with van der Waals surface area (Å²) in [5.74, 6) is 0.798. The Morgan fingerprint density at radius 2 is 2.24 bits per heavy atom. The van der Waals surface area contributed by atoms with Crippen molar-refractivity contribution < 1.29 is 5.11 Å². The van der Waals surface area contributed by atoms with Gasteiger partial charge in [-0.2, -0.15) is 0 Å². The molecule has 0 radical (unpaired) electrons. The molecular formula is C11H12BrN3OS. The third kappa shape index (κ3) is 3.08. The molecule has 0 bridgehead atoms. The molecule has 2 aromatic rings. The van der Waals surface area contributed by atoms with Gasteiger partial charge in [-0.3, -0.25) is 5.10 Å². The predicted molar refractivity (Wildman–Crippen MR) is 70.0 cm³/mol. The highest BCUT2D eigenvalue weighted by molar-refractivity contribution is 9.10. The van der Waals surface area contributed by atoms with E-state index in [1.165, 1.54) is 11.8 Å². The minimum absolute atomic E-state index is 0.478. The van der Waals surface area contributed by atoms with Gasteiger partial charge in [0.2, 0.25) is 5.16 Å². The Labute approximate surface area is 112 Å². The molecule has 1 heterocycles. The Hall–Kier alpha value is -0.850. The van der Waals surface area contributed by atoms with Gasteiger partial charge in [0.25, 0.3) is 0 Å². The molecular weight excluding hydrogens is 302 g/mol. The molecule has 1 aromatic heterocycles. The smallest absolute Gasteiger partial charge is 0.213 e. The van der Waals surface area contributed by atoms with Crippen molar-refractivity contribution in [1.82, 2.24) is 15.2 Å². The number of nitrogens with zero attached hydrogens (tertiary/aromatic N) is 2. The molecule has 0 spiro atoms. The van der Waals surface area contributed by atoms with Gasteiger partial charge in [0, 0.05) is 9.37 Å². The van der Waals surface area contributed by atoms with Crippen LogP contribution < -0.4 is 0 Å². The zero-order valence-corrected chi connectivity index (χ0v) is 11.8. The molecule has 0 aliphatic carbocycles. The van der Waals surface area contributed by atoms with Gasteiger partial charge in [0.1, 0.15) is 5.82 Å². The van der Waals surface area contributed by atoms with E-state index in [1.807, 2.05) is 25.1 Å². The van der Waals surface area contributed by atoms with Crippen LogP contribution in [0.3, 0.4) is 0 Å². The van der Waals surface area contributed by atoms with Crippen LogP contribution in [0.4, 0.5) is 0 Å². The van der Waals surface area contributed by atoms with Crippen molar-refractivity contribution in [2.45, 2.75) is 30.0 Å². The summed E-state index contributed by atoms with van der Waals surface area (Å²) in [5.41, 5.74) is 0.875. The SMILES string of the molecule is Cc1nc(Sc2ccc(C(C)O)c(Br)c2)n[nH]1. The van der Waals surface area contributed by atoms with E-state index < -0.39 is 6.10 Å². The Kier molecular flexibility index (Phi) is 3.86. The highest BCUT2D eigenvalue weighted by Crippen LogP contribution is 2.31. The van der Waals surface area contributed by atoms with Crippen molar-refractivity contribution in [3.05, 3.63) is 34.1 Å². The van der Waals surface area contributed by atoms with Gasteiger partial charge in [-0.1, -0.05) is 22.0 Å². The fraction of sp³-hybridized carbons (Fsp3) is 0.273. The number of aliphatic hydroxyl groups is 1. The summed E-state index contributed by atoms with van der Waals surface area (Å²) in [6.07, 6.45) is -0.478. The number of rotatable bonds is 3. The summed E-state index contributed by atoms with van der Waals surface area (Å²) in [5, 5.41) is 17.1. The zero-order chi connectivity index (χ0) is 12.4. The Morgan fingerprint density at radius 1 is 1.47 bits per heavy atom. The molecule has 4 nitrogen and oxygen atoms in total. The van der Waals surface area contributed by atoms with Crippen molar-refractivity contribution in [3.63, 3.8) is 0 Å². The van der Waals surface area contributed by atoms with Crippen molar-refractivity contribution >= 4 is 27.7 Å². The van der Waals surface area contributed by atoms with Crippen LogP contribution in [-0.4, -0.2) is 20.3 Å². The number of hydrogen-bond acceptors (Lipinski definition) is 4. The lowest BCUT2D eigenvalue weighted by atomic mass is 10.1. The monoisotopic (exact) mass is 313 g/mol. The van der Waals surface area contributed by atoms with E-state index in [4.69, 9.17) is 0 Å². The number of aryl methyl sites for hydroxylation is 1. The first-order chi connectivity index (χ1) is 8.06. The number of aromatic nitrogens is 3. The van der Waals surface area contributed by atoms with E-state index >= 15 is 0 Å². The first-order valence-electron chi connectivity index (χ1n) is 5.10. The highest BCUT2D eigenvalue weighted by Gasteiger charge is 2.08. The van der Waals surface area contributed by atoms with Crippen LogP contribution >= 0.6 is 27.7 Å². The van der Waals surface area contributed by atoms with E-state index in [0.29, 0.717) is 5.16 Å². The lowest BCUT2D eigenvalue weighted by molar-refractivity contribution is 0.198. The molecule has 1 aromatic carbocycles. The maximum absolute atomic E-state index is 9.52. The number of nitrogens with one attached hydrogen (secondary N) is 1. The average molecular weight is 314 g/mol. The standard InChI is InChI=1S/C11H12BrN3OS/c1-6(16)9-4-3-8(5-10(9)12)17-11-13-7(2)14-15-11/h3-6,16H,1-2H3,(H,13,14,15). The van der Waals surface area contributed by atoms with Crippen molar-refractivity contribution in [1.29, 1.82) is 0 Å². The van der Waals surface area contributed by atoms with E-state index in [9.17, 15) is 5.11 Å². The Bertz CT molecular complexity index is 527. The van der Waals surface area contributed by atoms with Gasteiger partial charge in [-0.05, 0) is 43.3 Å². The van der Waals surface area contributed by atoms with Gasteiger partial charge in [0.15, 0.2) is 0 Å². The van der Waals surface area contributed by atoms with Crippen LogP contribution in [0, 0.1) is 6.92 Å². The summed E-state index contributed by atoms with van der Waals surface area (Å²) < 4.78 is 0.893. The molecule has 17 heavy (non-hydrogen) atoms. The maximum atomic E-state index is 9.52. The minimum atomic E-state index is -0.478. The summed E-state index contributed by atoms with van der Waals surface area (Å²) in [6.45, 7) is 3.61. The molecule has 0 aliphatic heterocycles. The normalized spacial score (nSPS) is 12.7. The number of H-pyrrole nitrogens is 1. The molecule has 0 fully saturated rings. The third-order valence-electron chi connectivity index (χ3n) is 2.21. The van der Waals surface area contributed by atoms with Gasteiger partial charge < -0.3 is 5.11 Å². The van der Waals surface area contributed by atoms with E-state index in [1.54, 1.807) is 6.92 Å². The first-order valence-corrected chi connectivity index (χ1v) is 6.71. The van der Waals surface area contributed by atoms with Gasteiger partial charge in [-0.15, -0.1) is 5.10 Å². The van der Waals surface area contributed by atoms with Crippen LogP contribution in [0.15, 0.2) is 32.7 Å².